The van der Waals surface area contributed by atoms with Crippen molar-refractivity contribution in [2.75, 3.05) is 0 Å². The average Bonchev–Trinajstić information content (AvgIpc) is 2.64. The zero-order chi connectivity index (χ0) is 19.3. The number of fused-ring (bicyclic) bond motifs is 3. The molecule has 0 aliphatic carbocycles. The van der Waals surface area contributed by atoms with Gasteiger partial charge in [0, 0.05) is 20.9 Å². The normalized spacial score (nSPS) is 11.2. The Bertz CT molecular complexity index is 1380. The Morgan fingerprint density at radius 2 is 1.81 bits per heavy atom. The molecule has 6 nitrogen and oxygen atoms in total. The summed E-state index contributed by atoms with van der Waals surface area (Å²) in [6.07, 6.45) is 0. The van der Waals surface area contributed by atoms with Crippen molar-refractivity contribution in [3.8, 4) is 5.69 Å². The molecule has 4 rings (SSSR count). The van der Waals surface area contributed by atoms with E-state index in [-0.39, 0.29) is 26.6 Å². The number of nitro benzene ring substituents is 1. The second-order valence-corrected chi connectivity index (χ2v) is 7.32. The summed E-state index contributed by atoms with van der Waals surface area (Å²) < 4.78 is 7.47. The van der Waals surface area contributed by atoms with Crippen LogP contribution in [0.3, 0.4) is 0 Å². The largest absolute Gasteiger partial charge is 0.430 e. The summed E-state index contributed by atoms with van der Waals surface area (Å²) in [7, 11) is 0. The van der Waals surface area contributed by atoms with E-state index >= 15 is 0 Å². The fourth-order valence-electron chi connectivity index (χ4n) is 2.95. The molecule has 134 valence electrons. The van der Waals surface area contributed by atoms with Crippen LogP contribution in [0.15, 0.2) is 62.2 Å². The van der Waals surface area contributed by atoms with Crippen LogP contribution < -0.4 is 5.56 Å². The van der Waals surface area contributed by atoms with Gasteiger partial charge in [0.25, 0.3) is 16.1 Å². The minimum atomic E-state index is -0.622. The highest BCUT2D eigenvalue weighted by Crippen LogP contribution is 2.32. The molecule has 3 aromatic carbocycles. The second kappa shape index (κ2) is 6.56. The number of benzene rings is 3. The van der Waals surface area contributed by atoms with Gasteiger partial charge in [-0.25, -0.2) is 4.57 Å². The molecule has 1 heterocycles. The molecular formula is C18H8BrClN2O4S. The Labute approximate surface area is 169 Å². The molecule has 0 saturated carbocycles. The van der Waals surface area contributed by atoms with E-state index in [1.807, 2.05) is 24.3 Å². The van der Waals surface area contributed by atoms with Gasteiger partial charge >= 0.3 is 0 Å². The third kappa shape index (κ3) is 2.86. The van der Waals surface area contributed by atoms with Gasteiger partial charge in [-0.05, 0) is 35.8 Å². The van der Waals surface area contributed by atoms with Crippen molar-refractivity contribution in [2.24, 2.45) is 0 Å². The summed E-state index contributed by atoms with van der Waals surface area (Å²) in [5.74, 6) is 0. The van der Waals surface area contributed by atoms with Crippen molar-refractivity contribution in [2.45, 2.75) is 0 Å². The van der Waals surface area contributed by atoms with Crippen LogP contribution in [0.5, 0.6) is 0 Å². The lowest BCUT2D eigenvalue weighted by atomic mass is 10.1. The van der Waals surface area contributed by atoms with E-state index in [0.29, 0.717) is 15.4 Å². The van der Waals surface area contributed by atoms with E-state index in [0.717, 1.165) is 9.95 Å². The van der Waals surface area contributed by atoms with Gasteiger partial charge in [0.05, 0.1) is 10.3 Å². The average molecular weight is 464 g/mol. The smallest absolute Gasteiger partial charge is 0.294 e. The number of rotatable bonds is 2. The topological polar surface area (TPSA) is 78.3 Å². The van der Waals surface area contributed by atoms with Crippen LogP contribution in [0.1, 0.15) is 0 Å². The lowest BCUT2D eigenvalue weighted by Crippen LogP contribution is -2.20. The molecule has 0 saturated heterocycles. The summed E-state index contributed by atoms with van der Waals surface area (Å²) in [5.41, 5.74) is -0.533. The first-order valence-corrected chi connectivity index (χ1v) is 9.18. The van der Waals surface area contributed by atoms with Gasteiger partial charge in [0.2, 0.25) is 0 Å². The van der Waals surface area contributed by atoms with Gasteiger partial charge in [-0.15, -0.1) is 0 Å². The van der Waals surface area contributed by atoms with Crippen LogP contribution in [0.25, 0.3) is 27.4 Å². The molecule has 4 aromatic rings. The van der Waals surface area contributed by atoms with Crippen molar-refractivity contribution in [3.05, 3.63) is 83.3 Å². The fraction of sp³-hybridized carbons (Fsp3) is 0. The Hall–Kier alpha value is -2.55. The summed E-state index contributed by atoms with van der Waals surface area (Å²) in [6, 6.07) is 13.0. The Kier molecular flexibility index (Phi) is 4.33. The standard InChI is InChI=1S/C18H8BrClN2O4S/c19-13-8-12-16(11-4-2-1-3-10(11)13)26-18(27)21(17(12)23)14-6-5-9(20)7-15(14)22(24)25/h1-8H. The molecule has 0 unspecified atom stereocenters. The Morgan fingerprint density at radius 1 is 1.11 bits per heavy atom. The number of halogens is 2. The summed E-state index contributed by atoms with van der Waals surface area (Å²) in [5, 5.41) is 13.4. The van der Waals surface area contributed by atoms with E-state index < -0.39 is 10.5 Å². The lowest BCUT2D eigenvalue weighted by molar-refractivity contribution is -0.384. The zero-order valence-electron chi connectivity index (χ0n) is 13.3. The van der Waals surface area contributed by atoms with Crippen LogP contribution in [0.2, 0.25) is 5.02 Å². The lowest BCUT2D eigenvalue weighted by Gasteiger charge is -2.10. The molecule has 1 aromatic heterocycles. The summed E-state index contributed by atoms with van der Waals surface area (Å²) in [6.45, 7) is 0. The number of nitro groups is 1. The fourth-order valence-corrected chi connectivity index (χ4v) is 3.95. The third-order valence-corrected chi connectivity index (χ3v) is 5.28. The summed E-state index contributed by atoms with van der Waals surface area (Å²) in [4.78, 5) is 23.8. The number of aromatic nitrogens is 1. The predicted octanol–water partition coefficient (Wildman–Crippen LogP) is 5.79. The molecule has 0 fully saturated rings. The minimum Gasteiger partial charge on any atom is -0.430 e. The maximum Gasteiger partial charge on any atom is 0.294 e. The first-order valence-electron chi connectivity index (χ1n) is 7.60. The van der Waals surface area contributed by atoms with E-state index in [1.165, 1.54) is 18.2 Å². The van der Waals surface area contributed by atoms with Crippen LogP contribution >= 0.6 is 39.7 Å². The van der Waals surface area contributed by atoms with E-state index in [2.05, 4.69) is 15.9 Å². The third-order valence-electron chi connectivity index (χ3n) is 4.13. The van der Waals surface area contributed by atoms with Crippen molar-refractivity contribution in [3.63, 3.8) is 0 Å². The molecule has 27 heavy (non-hydrogen) atoms. The second-order valence-electron chi connectivity index (χ2n) is 5.68. The van der Waals surface area contributed by atoms with E-state index in [4.69, 9.17) is 28.2 Å². The van der Waals surface area contributed by atoms with Crippen LogP contribution in [0, 0.1) is 15.0 Å². The molecule has 0 aliphatic heterocycles. The molecule has 9 heteroatoms. The first kappa shape index (κ1) is 17.8. The number of hydrogen-bond donors (Lipinski definition) is 0. The van der Waals surface area contributed by atoms with Crippen LogP contribution in [-0.2, 0) is 0 Å². The number of nitrogens with zero attached hydrogens (tertiary/aromatic N) is 2. The predicted molar refractivity (Wildman–Crippen MR) is 110 cm³/mol. The Balaban J connectivity index is 2.17. The maximum absolute atomic E-state index is 13.2. The van der Waals surface area contributed by atoms with Gasteiger partial charge in [0.15, 0.2) is 5.58 Å². The first-order chi connectivity index (χ1) is 12.9. The quantitative estimate of drug-likeness (QED) is 0.163. The molecular weight excluding hydrogens is 456 g/mol. The molecule has 0 amide bonds. The van der Waals surface area contributed by atoms with Crippen LogP contribution in [0.4, 0.5) is 5.69 Å². The monoisotopic (exact) mass is 462 g/mol. The molecule has 0 N–H and O–H groups in total. The van der Waals surface area contributed by atoms with Crippen molar-refractivity contribution in [1.82, 2.24) is 4.57 Å². The zero-order valence-corrected chi connectivity index (χ0v) is 16.5. The van der Waals surface area contributed by atoms with E-state index in [1.54, 1.807) is 6.07 Å². The highest BCUT2D eigenvalue weighted by Gasteiger charge is 2.21. The molecule has 0 spiro atoms. The van der Waals surface area contributed by atoms with Gasteiger partial charge in [-0.3, -0.25) is 14.9 Å². The summed E-state index contributed by atoms with van der Waals surface area (Å²) >= 11 is 14.6. The van der Waals surface area contributed by atoms with Crippen molar-refractivity contribution in [1.29, 1.82) is 0 Å². The minimum absolute atomic E-state index is 0.00525. The molecule has 0 radical (unpaired) electrons. The van der Waals surface area contributed by atoms with Gasteiger partial charge in [-0.2, -0.15) is 0 Å². The number of hydrogen-bond acceptors (Lipinski definition) is 5. The molecule has 0 bridgehead atoms. The highest BCUT2D eigenvalue weighted by molar-refractivity contribution is 9.10. The van der Waals surface area contributed by atoms with Crippen molar-refractivity contribution < 1.29 is 9.34 Å². The maximum atomic E-state index is 13.2. The Morgan fingerprint density at radius 3 is 2.52 bits per heavy atom. The highest BCUT2D eigenvalue weighted by atomic mass is 79.9. The van der Waals surface area contributed by atoms with Gasteiger partial charge in [-0.1, -0.05) is 51.8 Å². The SMILES string of the molecule is O=c1c2cc(Br)c3ccccc3c2oc(=S)n1-c1ccc(Cl)cc1[N+](=O)[O-]. The van der Waals surface area contributed by atoms with Gasteiger partial charge in [0.1, 0.15) is 5.69 Å². The van der Waals surface area contributed by atoms with Crippen LogP contribution in [-0.4, -0.2) is 9.49 Å². The molecule has 0 aliphatic rings. The van der Waals surface area contributed by atoms with Crippen molar-refractivity contribution >= 4 is 67.2 Å². The van der Waals surface area contributed by atoms with Gasteiger partial charge < -0.3 is 4.42 Å². The molecule has 0 atom stereocenters. The van der Waals surface area contributed by atoms with E-state index in [9.17, 15) is 14.9 Å².